The van der Waals surface area contributed by atoms with Gasteiger partial charge in [0.15, 0.2) is 0 Å². The minimum atomic E-state index is 0.483. The van der Waals surface area contributed by atoms with E-state index in [1.165, 1.54) is 31.4 Å². The molecule has 2 nitrogen and oxygen atoms in total. The molecule has 3 rings (SSSR count). The first-order valence-electron chi connectivity index (χ1n) is 5.88. The second-order valence-corrected chi connectivity index (χ2v) is 4.72. The number of aromatic hydroxyl groups is 1. The molecule has 1 aliphatic heterocycles. The predicted molar refractivity (Wildman–Crippen MR) is 59.9 cm³/mol. The zero-order chi connectivity index (χ0) is 10.3. The second kappa shape index (κ2) is 3.53. The topological polar surface area (TPSA) is 23.5 Å². The van der Waals surface area contributed by atoms with E-state index >= 15 is 0 Å². The summed E-state index contributed by atoms with van der Waals surface area (Å²) >= 11 is 0. The van der Waals surface area contributed by atoms with E-state index < -0.39 is 0 Å². The first kappa shape index (κ1) is 9.22. The van der Waals surface area contributed by atoms with Gasteiger partial charge in [-0.25, -0.2) is 0 Å². The molecule has 0 atom stereocenters. The Balaban J connectivity index is 1.85. The Morgan fingerprint density at radius 1 is 1.27 bits per heavy atom. The van der Waals surface area contributed by atoms with Crippen LogP contribution in [0.15, 0.2) is 18.2 Å². The lowest BCUT2D eigenvalue weighted by molar-refractivity contribution is 0.112. The molecule has 1 aromatic carbocycles. The number of nitrogens with zero attached hydrogens (tertiary/aromatic N) is 1. The maximum atomic E-state index is 9.82. The average Bonchev–Trinajstić information content (AvgIpc) is 2.17. The zero-order valence-corrected chi connectivity index (χ0v) is 8.95. The van der Waals surface area contributed by atoms with Gasteiger partial charge in [-0.2, -0.15) is 0 Å². The van der Waals surface area contributed by atoms with Crippen LogP contribution in [0.2, 0.25) is 0 Å². The second-order valence-electron chi connectivity index (χ2n) is 4.72. The van der Waals surface area contributed by atoms with Crippen LogP contribution in [0.1, 0.15) is 30.4 Å². The average molecular weight is 203 g/mol. The Morgan fingerprint density at radius 2 is 2.13 bits per heavy atom. The van der Waals surface area contributed by atoms with Gasteiger partial charge in [-0.15, -0.1) is 0 Å². The Bertz CT molecular complexity index is 371. The van der Waals surface area contributed by atoms with E-state index in [2.05, 4.69) is 11.0 Å². The fraction of sp³-hybridized carbons (Fsp3) is 0.538. The van der Waals surface area contributed by atoms with Gasteiger partial charge in [-0.05, 0) is 30.9 Å². The van der Waals surface area contributed by atoms with Crippen LogP contribution >= 0.6 is 0 Å². The monoisotopic (exact) mass is 203 g/mol. The standard InChI is InChI=1S/C13H17NO/c15-13-6-1-3-10-7-8-14(9-12(10)13)11-4-2-5-11/h1,3,6,11,15H,2,4-5,7-9H2. The molecule has 1 N–H and O–H groups in total. The highest BCUT2D eigenvalue weighted by Gasteiger charge is 2.28. The fourth-order valence-electron chi connectivity index (χ4n) is 2.65. The smallest absolute Gasteiger partial charge is 0.120 e. The molecule has 80 valence electrons. The van der Waals surface area contributed by atoms with Crippen LogP contribution < -0.4 is 0 Å². The molecule has 1 saturated carbocycles. The van der Waals surface area contributed by atoms with E-state index in [1.807, 2.05) is 12.1 Å². The molecule has 1 heterocycles. The molecule has 0 radical (unpaired) electrons. The summed E-state index contributed by atoms with van der Waals surface area (Å²) in [5.41, 5.74) is 2.50. The summed E-state index contributed by atoms with van der Waals surface area (Å²) in [7, 11) is 0. The number of benzene rings is 1. The zero-order valence-electron chi connectivity index (χ0n) is 8.95. The molecule has 1 aromatic rings. The van der Waals surface area contributed by atoms with Gasteiger partial charge in [0.25, 0.3) is 0 Å². The SMILES string of the molecule is Oc1cccc2c1CN(C1CCC1)CC2. The van der Waals surface area contributed by atoms with Gasteiger partial charge in [-0.3, -0.25) is 4.90 Å². The van der Waals surface area contributed by atoms with E-state index in [1.54, 1.807) is 0 Å². The number of phenolic OH excluding ortho intramolecular Hbond substituents is 1. The number of hydrogen-bond acceptors (Lipinski definition) is 2. The first-order valence-corrected chi connectivity index (χ1v) is 5.88. The van der Waals surface area contributed by atoms with E-state index in [0.717, 1.165) is 24.6 Å². The maximum absolute atomic E-state index is 9.82. The lowest BCUT2D eigenvalue weighted by atomic mass is 9.88. The quantitative estimate of drug-likeness (QED) is 0.757. The van der Waals surface area contributed by atoms with Crippen molar-refractivity contribution < 1.29 is 5.11 Å². The van der Waals surface area contributed by atoms with Crippen LogP contribution in [0, 0.1) is 0 Å². The molecule has 0 unspecified atom stereocenters. The van der Waals surface area contributed by atoms with Crippen LogP contribution in [0.4, 0.5) is 0 Å². The Kier molecular flexibility index (Phi) is 2.17. The summed E-state index contributed by atoms with van der Waals surface area (Å²) in [5.74, 6) is 0.483. The number of hydrogen-bond donors (Lipinski definition) is 1. The van der Waals surface area contributed by atoms with E-state index in [0.29, 0.717) is 5.75 Å². The molecule has 15 heavy (non-hydrogen) atoms. The van der Waals surface area contributed by atoms with Crippen molar-refractivity contribution in [1.82, 2.24) is 4.90 Å². The summed E-state index contributed by atoms with van der Waals surface area (Å²) in [5, 5.41) is 9.82. The van der Waals surface area contributed by atoms with Gasteiger partial charge in [0.1, 0.15) is 5.75 Å². The predicted octanol–water partition coefficient (Wildman–Crippen LogP) is 2.30. The number of fused-ring (bicyclic) bond motifs is 1. The van der Waals surface area contributed by atoms with Crippen molar-refractivity contribution in [3.05, 3.63) is 29.3 Å². The molecule has 1 fully saturated rings. The third kappa shape index (κ3) is 1.53. The first-order chi connectivity index (χ1) is 7.34. The van der Waals surface area contributed by atoms with Crippen molar-refractivity contribution in [2.45, 2.75) is 38.3 Å². The van der Waals surface area contributed by atoms with Crippen LogP contribution in [-0.2, 0) is 13.0 Å². The largest absolute Gasteiger partial charge is 0.508 e. The summed E-state index contributed by atoms with van der Waals surface area (Å²) in [6, 6.07) is 6.70. The third-order valence-electron chi connectivity index (χ3n) is 3.87. The van der Waals surface area contributed by atoms with Crippen molar-refractivity contribution in [3.63, 3.8) is 0 Å². The molecule has 0 spiro atoms. The Labute approximate surface area is 90.5 Å². The van der Waals surface area contributed by atoms with Crippen molar-refractivity contribution in [2.75, 3.05) is 6.54 Å². The molecule has 1 aliphatic carbocycles. The molecule has 0 saturated heterocycles. The Hall–Kier alpha value is -1.02. The minimum absolute atomic E-state index is 0.483. The van der Waals surface area contributed by atoms with E-state index in [-0.39, 0.29) is 0 Å². The molecular formula is C13H17NO. The van der Waals surface area contributed by atoms with Gasteiger partial charge in [0, 0.05) is 24.7 Å². The third-order valence-corrected chi connectivity index (χ3v) is 3.87. The van der Waals surface area contributed by atoms with Gasteiger partial charge in [0.2, 0.25) is 0 Å². The summed E-state index contributed by atoms with van der Waals surface area (Å²) in [6.07, 6.45) is 5.18. The van der Waals surface area contributed by atoms with Crippen molar-refractivity contribution >= 4 is 0 Å². The Morgan fingerprint density at radius 3 is 2.87 bits per heavy atom. The lowest BCUT2D eigenvalue weighted by Crippen LogP contribution is -2.42. The number of phenols is 1. The highest BCUT2D eigenvalue weighted by Crippen LogP contribution is 2.32. The molecular weight excluding hydrogens is 186 g/mol. The molecule has 2 heteroatoms. The normalized spacial score (nSPS) is 22.1. The van der Waals surface area contributed by atoms with Crippen LogP contribution in [0.25, 0.3) is 0 Å². The van der Waals surface area contributed by atoms with Gasteiger partial charge < -0.3 is 5.11 Å². The molecule has 0 bridgehead atoms. The van der Waals surface area contributed by atoms with Crippen molar-refractivity contribution in [1.29, 1.82) is 0 Å². The van der Waals surface area contributed by atoms with Crippen LogP contribution in [0.5, 0.6) is 5.75 Å². The maximum Gasteiger partial charge on any atom is 0.120 e. The highest BCUT2D eigenvalue weighted by atomic mass is 16.3. The molecule has 2 aliphatic rings. The van der Waals surface area contributed by atoms with Gasteiger partial charge in [-0.1, -0.05) is 18.6 Å². The van der Waals surface area contributed by atoms with Crippen LogP contribution in [0.3, 0.4) is 0 Å². The van der Waals surface area contributed by atoms with Gasteiger partial charge >= 0.3 is 0 Å². The van der Waals surface area contributed by atoms with E-state index in [4.69, 9.17) is 0 Å². The molecule has 0 amide bonds. The van der Waals surface area contributed by atoms with E-state index in [9.17, 15) is 5.11 Å². The van der Waals surface area contributed by atoms with Crippen molar-refractivity contribution in [2.24, 2.45) is 0 Å². The minimum Gasteiger partial charge on any atom is -0.508 e. The lowest BCUT2D eigenvalue weighted by Gasteiger charge is -2.40. The van der Waals surface area contributed by atoms with Gasteiger partial charge in [0.05, 0.1) is 0 Å². The molecule has 0 aromatic heterocycles. The summed E-state index contributed by atoms with van der Waals surface area (Å²) in [6.45, 7) is 2.12. The summed E-state index contributed by atoms with van der Waals surface area (Å²) < 4.78 is 0. The highest BCUT2D eigenvalue weighted by molar-refractivity contribution is 5.40. The fourth-order valence-corrected chi connectivity index (χ4v) is 2.65. The summed E-state index contributed by atoms with van der Waals surface area (Å²) in [4.78, 5) is 2.53. The number of rotatable bonds is 1. The van der Waals surface area contributed by atoms with Crippen LogP contribution in [-0.4, -0.2) is 22.6 Å². The van der Waals surface area contributed by atoms with Crippen molar-refractivity contribution in [3.8, 4) is 5.75 Å².